The van der Waals surface area contributed by atoms with E-state index in [-0.39, 0.29) is 34.0 Å². The zero-order chi connectivity index (χ0) is 17.4. The van der Waals surface area contributed by atoms with Crippen LogP contribution in [0.2, 0.25) is 0 Å². The van der Waals surface area contributed by atoms with Crippen LogP contribution in [0, 0.1) is 5.82 Å². The molecule has 6 nitrogen and oxygen atoms in total. The molecular formula is C16H11BrFN3O3S. The third-order valence-corrected chi connectivity index (χ3v) is 4.83. The molecule has 0 bridgehead atoms. The van der Waals surface area contributed by atoms with Gasteiger partial charge in [-0.25, -0.2) is 9.37 Å². The van der Waals surface area contributed by atoms with Crippen LogP contribution in [0.25, 0.3) is 10.9 Å². The van der Waals surface area contributed by atoms with Gasteiger partial charge in [-0.3, -0.25) is 0 Å². The van der Waals surface area contributed by atoms with Gasteiger partial charge in [-0.15, -0.1) is 0 Å². The largest absolute Gasteiger partial charge is 0.472 e. The van der Waals surface area contributed by atoms with Gasteiger partial charge in [0, 0.05) is 5.64 Å². The highest BCUT2D eigenvalue weighted by molar-refractivity contribution is 9.10. The summed E-state index contributed by atoms with van der Waals surface area (Å²) in [5.41, 5.74) is 3.32. The lowest BCUT2D eigenvalue weighted by Gasteiger charge is -2.12. The second-order valence-electron chi connectivity index (χ2n) is 5.09. The minimum Gasteiger partial charge on any atom is -0.472 e. The maximum Gasteiger partial charge on any atom is 0.230 e. The van der Waals surface area contributed by atoms with Gasteiger partial charge in [-0.1, -0.05) is 42.1 Å². The summed E-state index contributed by atoms with van der Waals surface area (Å²) >= 11 is 4.47. The van der Waals surface area contributed by atoms with Crippen LogP contribution in [0.1, 0.15) is 5.56 Å². The lowest BCUT2D eigenvalue weighted by Crippen LogP contribution is -2.14. The third-order valence-electron chi connectivity index (χ3n) is 3.58. The molecule has 0 spiro atoms. The van der Waals surface area contributed by atoms with Crippen LogP contribution in [0.15, 0.2) is 40.0 Å². The molecule has 0 saturated heterocycles. The van der Waals surface area contributed by atoms with Crippen LogP contribution in [-0.4, -0.2) is 16.2 Å². The first kappa shape index (κ1) is 16.4. The van der Waals surface area contributed by atoms with E-state index in [2.05, 4.69) is 31.5 Å². The molecule has 1 aliphatic rings. The highest BCUT2D eigenvalue weighted by Gasteiger charge is 2.30. The standard InChI is InChI=1S/C16H11BrFN3O3S/c1-25-16-19-12-9(13-14(24-21-23-13)10(17)11(12)18)15(20-16)22-7-8-5-3-2-4-6-8/h2-6,21H,7H2,1H3. The van der Waals surface area contributed by atoms with Crippen LogP contribution in [0.4, 0.5) is 4.39 Å². The number of nitrogens with one attached hydrogen (secondary N) is 1. The summed E-state index contributed by atoms with van der Waals surface area (Å²) in [5.74, 6) is 0.130. The molecule has 0 fully saturated rings. The van der Waals surface area contributed by atoms with Crippen molar-refractivity contribution >= 4 is 38.6 Å². The summed E-state index contributed by atoms with van der Waals surface area (Å²) in [6.45, 7) is 0.279. The fourth-order valence-electron chi connectivity index (χ4n) is 2.42. The Labute approximate surface area is 154 Å². The summed E-state index contributed by atoms with van der Waals surface area (Å²) in [6, 6.07) is 9.62. The highest BCUT2D eigenvalue weighted by atomic mass is 79.9. The van der Waals surface area contributed by atoms with Crippen molar-refractivity contribution in [2.45, 2.75) is 11.8 Å². The van der Waals surface area contributed by atoms with Crippen molar-refractivity contribution < 1.29 is 18.8 Å². The van der Waals surface area contributed by atoms with Gasteiger partial charge in [0.1, 0.15) is 22.0 Å². The molecule has 0 aliphatic carbocycles. The minimum atomic E-state index is -0.566. The molecule has 0 atom stereocenters. The van der Waals surface area contributed by atoms with Gasteiger partial charge in [0.15, 0.2) is 11.0 Å². The number of benzene rings is 2. The molecule has 0 unspecified atom stereocenters. The first-order valence-corrected chi connectivity index (χ1v) is 9.23. The second-order valence-corrected chi connectivity index (χ2v) is 6.65. The van der Waals surface area contributed by atoms with E-state index in [4.69, 9.17) is 14.4 Å². The van der Waals surface area contributed by atoms with Crippen LogP contribution >= 0.6 is 27.7 Å². The molecule has 9 heteroatoms. The first-order valence-electron chi connectivity index (χ1n) is 7.21. The maximum atomic E-state index is 14.7. The number of aromatic nitrogens is 2. The number of halogens is 2. The van der Waals surface area contributed by atoms with E-state index in [1.54, 1.807) is 0 Å². The molecule has 1 N–H and O–H groups in total. The summed E-state index contributed by atoms with van der Waals surface area (Å²) in [4.78, 5) is 19.0. The predicted octanol–water partition coefficient (Wildman–Crippen LogP) is 4.02. The molecule has 2 heterocycles. The molecule has 25 heavy (non-hydrogen) atoms. The van der Waals surface area contributed by atoms with Gasteiger partial charge in [0.05, 0.1) is 0 Å². The van der Waals surface area contributed by atoms with E-state index in [1.165, 1.54) is 11.8 Å². The van der Waals surface area contributed by atoms with Crippen LogP contribution < -0.4 is 20.1 Å². The molecule has 1 aromatic heterocycles. The zero-order valence-electron chi connectivity index (χ0n) is 12.9. The van der Waals surface area contributed by atoms with Gasteiger partial charge in [0.2, 0.25) is 17.4 Å². The molecule has 4 rings (SSSR count). The number of ether oxygens (including phenoxy) is 1. The van der Waals surface area contributed by atoms with Crippen molar-refractivity contribution in [3.63, 3.8) is 0 Å². The lowest BCUT2D eigenvalue weighted by molar-refractivity contribution is 0.0261. The Hall–Kier alpha value is -2.10. The van der Waals surface area contributed by atoms with E-state index < -0.39 is 5.82 Å². The normalized spacial score (nSPS) is 12.6. The maximum absolute atomic E-state index is 14.7. The van der Waals surface area contributed by atoms with Gasteiger partial charge >= 0.3 is 0 Å². The summed E-state index contributed by atoms with van der Waals surface area (Å²) in [7, 11) is 0. The summed E-state index contributed by atoms with van der Waals surface area (Å²) in [6.07, 6.45) is 1.81. The van der Waals surface area contributed by atoms with E-state index in [1.807, 2.05) is 36.6 Å². The third kappa shape index (κ3) is 2.88. The highest BCUT2D eigenvalue weighted by Crippen LogP contribution is 2.48. The Morgan fingerprint density at radius 3 is 2.72 bits per heavy atom. The summed E-state index contributed by atoms with van der Waals surface area (Å²) in [5, 5.41) is 0.711. The number of hydrogen-bond donors (Lipinski definition) is 1. The van der Waals surface area contributed by atoms with Crippen LogP contribution in [0.3, 0.4) is 0 Å². The predicted molar refractivity (Wildman–Crippen MR) is 94.1 cm³/mol. The summed E-state index contributed by atoms with van der Waals surface area (Å²) < 4.78 is 20.7. The Morgan fingerprint density at radius 2 is 1.96 bits per heavy atom. The molecule has 0 amide bonds. The molecular weight excluding hydrogens is 413 g/mol. The Balaban J connectivity index is 1.87. The second kappa shape index (κ2) is 6.66. The monoisotopic (exact) mass is 423 g/mol. The van der Waals surface area contributed by atoms with E-state index in [9.17, 15) is 4.39 Å². The van der Waals surface area contributed by atoms with E-state index >= 15 is 0 Å². The molecule has 1 aliphatic heterocycles. The number of fused-ring (bicyclic) bond motifs is 3. The Morgan fingerprint density at radius 1 is 1.20 bits per heavy atom. The van der Waals surface area contributed by atoms with Gasteiger partial charge < -0.3 is 14.4 Å². The zero-order valence-corrected chi connectivity index (χ0v) is 15.3. The fraction of sp³-hybridized carbons (Fsp3) is 0.125. The van der Waals surface area contributed by atoms with Crippen molar-refractivity contribution in [2.24, 2.45) is 0 Å². The lowest BCUT2D eigenvalue weighted by atomic mass is 10.2. The van der Waals surface area contributed by atoms with Crippen molar-refractivity contribution in [3.05, 3.63) is 46.2 Å². The number of rotatable bonds is 4. The first-order chi connectivity index (χ1) is 12.2. The number of nitrogens with zero attached hydrogens (tertiary/aromatic N) is 2. The smallest absolute Gasteiger partial charge is 0.230 e. The van der Waals surface area contributed by atoms with Crippen molar-refractivity contribution in [2.75, 3.05) is 6.26 Å². The van der Waals surface area contributed by atoms with E-state index in [0.717, 1.165) is 5.56 Å². The Kier molecular flexibility index (Phi) is 4.36. The van der Waals surface area contributed by atoms with Gasteiger partial charge in [-0.2, -0.15) is 4.98 Å². The topological polar surface area (TPSA) is 65.5 Å². The van der Waals surface area contributed by atoms with Gasteiger partial charge in [0.25, 0.3) is 0 Å². The van der Waals surface area contributed by atoms with E-state index in [0.29, 0.717) is 10.5 Å². The van der Waals surface area contributed by atoms with Crippen molar-refractivity contribution in [1.82, 2.24) is 15.6 Å². The average molecular weight is 424 g/mol. The Bertz CT molecular complexity index is 959. The average Bonchev–Trinajstić information content (AvgIpc) is 3.14. The number of hydrogen-bond acceptors (Lipinski definition) is 7. The van der Waals surface area contributed by atoms with Crippen LogP contribution in [0.5, 0.6) is 17.4 Å². The van der Waals surface area contributed by atoms with Crippen LogP contribution in [-0.2, 0) is 6.61 Å². The number of thioether (sulfide) groups is 1. The molecule has 2 aromatic carbocycles. The molecule has 0 radical (unpaired) electrons. The van der Waals surface area contributed by atoms with Crippen molar-refractivity contribution in [3.8, 4) is 17.4 Å². The van der Waals surface area contributed by atoms with Crippen molar-refractivity contribution in [1.29, 1.82) is 0 Å². The van der Waals surface area contributed by atoms with Gasteiger partial charge in [-0.05, 0) is 27.7 Å². The molecule has 3 aromatic rings. The SMILES string of the molecule is CSc1nc(OCc2ccccc2)c2c3c(c(Br)c(F)c2n1)ONO3. The fourth-order valence-corrected chi connectivity index (χ4v) is 3.22. The minimum absolute atomic E-state index is 0.0975. The quantitative estimate of drug-likeness (QED) is 0.501. The molecule has 128 valence electrons. The molecule has 0 saturated carbocycles.